The first-order valence-electron chi connectivity index (χ1n) is 10.3. The Hall–Kier alpha value is -0.800. The van der Waals surface area contributed by atoms with Crippen molar-refractivity contribution in [2.24, 2.45) is 16.7 Å². The second-order valence-electron chi connectivity index (χ2n) is 8.91. The SMILES string of the molecule is CCCC[C@H](O)C[C@@H](SC[C@]12CC[C@H](CC1=O)C2(C)C)c1ccccc1. The van der Waals surface area contributed by atoms with Gasteiger partial charge in [0.25, 0.3) is 0 Å². The van der Waals surface area contributed by atoms with Crippen LogP contribution in [-0.2, 0) is 4.79 Å². The molecule has 144 valence electrons. The van der Waals surface area contributed by atoms with E-state index in [0.717, 1.165) is 44.3 Å². The molecule has 2 nitrogen and oxygen atoms in total. The van der Waals surface area contributed by atoms with Gasteiger partial charge >= 0.3 is 0 Å². The number of hydrogen-bond acceptors (Lipinski definition) is 3. The number of aliphatic hydroxyl groups excluding tert-OH is 1. The van der Waals surface area contributed by atoms with Crippen LogP contribution in [0.15, 0.2) is 30.3 Å². The highest BCUT2D eigenvalue weighted by molar-refractivity contribution is 7.99. The van der Waals surface area contributed by atoms with Crippen molar-refractivity contribution in [3.63, 3.8) is 0 Å². The summed E-state index contributed by atoms with van der Waals surface area (Å²) >= 11 is 1.91. The quantitative estimate of drug-likeness (QED) is 0.594. The van der Waals surface area contributed by atoms with Gasteiger partial charge in [-0.15, -0.1) is 0 Å². The number of thioether (sulfide) groups is 1. The van der Waals surface area contributed by atoms with E-state index in [9.17, 15) is 9.90 Å². The second-order valence-corrected chi connectivity index (χ2v) is 10.1. The van der Waals surface area contributed by atoms with Crippen LogP contribution in [0.2, 0.25) is 0 Å². The number of carbonyl (C=O) groups excluding carboxylic acids is 1. The average molecular weight is 375 g/mol. The molecule has 1 aromatic carbocycles. The molecule has 2 saturated carbocycles. The largest absolute Gasteiger partial charge is 0.393 e. The molecular formula is C23H34O2S. The molecule has 1 N–H and O–H groups in total. The standard InChI is InChI=1S/C23H34O2S/c1-4-5-11-19(24)15-20(17-9-7-6-8-10-17)26-16-23-13-12-18(14-21(23)25)22(23,2)3/h6-10,18-20,24H,4-5,11-16H2,1-3H3/t18-,19+,20-,23-/m1/s1. The lowest BCUT2D eigenvalue weighted by molar-refractivity contribution is -0.127. The second kappa shape index (κ2) is 8.06. The highest BCUT2D eigenvalue weighted by atomic mass is 32.2. The van der Waals surface area contributed by atoms with Crippen LogP contribution in [0.5, 0.6) is 0 Å². The molecule has 26 heavy (non-hydrogen) atoms. The minimum absolute atomic E-state index is 0.124. The summed E-state index contributed by atoms with van der Waals surface area (Å²) in [4.78, 5) is 12.8. The average Bonchev–Trinajstić information content (AvgIpc) is 2.99. The van der Waals surface area contributed by atoms with E-state index in [1.54, 1.807) is 0 Å². The van der Waals surface area contributed by atoms with Gasteiger partial charge in [0.1, 0.15) is 5.78 Å². The fourth-order valence-corrected chi connectivity index (χ4v) is 6.99. The maximum atomic E-state index is 12.8. The first-order valence-corrected chi connectivity index (χ1v) is 11.3. The highest BCUT2D eigenvalue weighted by Gasteiger charge is 2.63. The lowest BCUT2D eigenvalue weighted by Crippen LogP contribution is -2.38. The zero-order valence-electron chi connectivity index (χ0n) is 16.5. The van der Waals surface area contributed by atoms with Crippen molar-refractivity contribution in [3.8, 4) is 0 Å². The normalized spacial score (nSPS) is 29.1. The Balaban J connectivity index is 1.73. The van der Waals surface area contributed by atoms with Crippen LogP contribution >= 0.6 is 11.8 Å². The molecule has 0 amide bonds. The summed E-state index contributed by atoms with van der Waals surface area (Å²) in [6.45, 7) is 6.78. The number of unbranched alkanes of at least 4 members (excludes halogenated alkanes) is 1. The molecule has 2 aliphatic rings. The van der Waals surface area contributed by atoms with Crippen molar-refractivity contribution >= 4 is 17.5 Å². The van der Waals surface area contributed by atoms with Gasteiger partial charge in [0, 0.05) is 22.8 Å². The van der Waals surface area contributed by atoms with Gasteiger partial charge in [0.15, 0.2) is 0 Å². The molecule has 1 aromatic rings. The number of ketones is 1. The number of carbonyl (C=O) groups is 1. The van der Waals surface area contributed by atoms with E-state index in [-0.39, 0.29) is 22.2 Å². The molecule has 2 fully saturated rings. The van der Waals surface area contributed by atoms with Crippen molar-refractivity contribution in [1.82, 2.24) is 0 Å². The number of fused-ring (bicyclic) bond motifs is 2. The van der Waals surface area contributed by atoms with E-state index >= 15 is 0 Å². The van der Waals surface area contributed by atoms with Crippen LogP contribution in [0.4, 0.5) is 0 Å². The minimum Gasteiger partial charge on any atom is -0.393 e. The van der Waals surface area contributed by atoms with Gasteiger partial charge in [0.05, 0.1) is 6.10 Å². The molecule has 0 saturated heterocycles. The van der Waals surface area contributed by atoms with Gasteiger partial charge < -0.3 is 5.11 Å². The fourth-order valence-electron chi connectivity index (χ4n) is 5.12. The van der Waals surface area contributed by atoms with Gasteiger partial charge in [-0.05, 0) is 42.6 Å². The minimum atomic E-state index is -0.256. The predicted molar refractivity (Wildman–Crippen MR) is 110 cm³/mol. The summed E-state index contributed by atoms with van der Waals surface area (Å²) in [5.41, 5.74) is 1.25. The summed E-state index contributed by atoms with van der Waals surface area (Å²) in [7, 11) is 0. The van der Waals surface area contributed by atoms with Crippen molar-refractivity contribution in [3.05, 3.63) is 35.9 Å². The zero-order chi connectivity index (χ0) is 18.8. The molecule has 0 aromatic heterocycles. The summed E-state index contributed by atoms with van der Waals surface area (Å²) in [6.07, 6.45) is 6.63. The molecule has 0 spiro atoms. The Morgan fingerprint density at radius 1 is 1.27 bits per heavy atom. The Morgan fingerprint density at radius 2 is 2.00 bits per heavy atom. The number of aliphatic hydroxyl groups is 1. The third-order valence-corrected chi connectivity index (χ3v) is 8.74. The first-order chi connectivity index (χ1) is 12.4. The Labute approximate surface area is 163 Å². The van der Waals surface area contributed by atoms with Crippen LogP contribution in [0, 0.1) is 16.7 Å². The van der Waals surface area contributed by atoms with Crippen molar-refractivity contribution in [1.29, 1.82) is 0 Å². The molecule has 2 bridgehead atoms. The van der Waals surface area contributed by atoms with Crippen LogP contribution in [0.1, 0.15) is 76.5 Å². The maximum Gasteiger partial charge on any atom is 0.140 e. The van der Waals surface area contributed by atoms with E-state index in [4.69, 9.17) is 0 Å². The molecule has 0 radical (unpaired) electrons. The van der Waals surface area contributed by atoms with Gasteiger partial charge in [-0.25, -0.2) is 0 Å². The highest BCUT2D eigenvalue weighted by Crippen LogP contribution is 2.65. The van der Waals surface area contributed by atoms with E-state index in [1.165, 1.54) is 12.0 Å². The number of hydrogen-bond donors (Lipinski definition) is 1. The Kier molecular flexibility index (Phi) is 6.18. The number of rotatable bonds is 9. The van der Waals surface area contributed by atoms with Gasteiger partial charge in [-0.2, -0.15) is 11.8 Å². The van der Waals surface area contributed by atoms with Crippen molar-refractivity contribution in [2.45, 2.75) is 77.1 Å². The monoisotopic (exact) mass is 374 g/mol. The maximum absolute atomic E-state index is 12.8. The predicted octanol–water partition coefficient (Wildman–Crippen LogP) is 5.80. The van der Waals surface area contributed by atoms with Crippen molar-refractivity contribution < 1.29 is 9.90 Å². The van der Waals surface area contributed by atoms with Crippen LogP contribution < -0.4 is 0 Å². The van der Waals surface area contributed by atoms with E-state index < -0.39 is 0 Å². The molecule has 3 rings (SSSR count). The Morgan fingerprint density at radius 3 is 2.58 bits per heavy atom. The van der Waals surface area contributed by atoms with E-state index in [0.29, 0.717) is 11.7 Å². The topological polar surface area (TPSA) is 37.3 Å². The molecule has 2 aliphatic carbocycles. The van der Waals surface area contributed by atoms with Crippen molar-refractivity contribution in [2.75, 3.05) is 5.75 Å². The van der Waals surface area contributed by atoms with Gasteiger partial charge in [-0.3, -0.25) is 4.79 Å². The third-order valence-electron chi connectivity index (χ3n) is 7.22. The number of Topliss-reactive ketones (excluding diaryl/α,β-unsaturated/α-hetero) is 1. The van der Waals surface area contributed by atoms with Crippen LogP contribution in [0.25, 0.3) is 0 Å². The van der Waals surface area contributed by atoms with Crippen LogP contribution in [0.3, 0.4) is 0 Å². The molecule has 4 atom stereocenters. The van der Waals surface area contributed by atoms with E-state index in [2.05, 4.69) is 45.0 Å². The fraction of sp³-hybridized carbons (Fsp3) is 0.696. The summed E-state index contributed by atoms with van der Waals surface area (Å²) in [6, 6.07) is 10.5. The summed E-state index contributed by atoms with van der Waals surface area (Å²) < 4.78 is 0. The smallest absolute Gasteiger partial charge is 0.140 e. The Bertz CT molecular complexity index is 612. The van der Waals surface area contributed by atoms with Gasteiger partial charge in [0.2, 0.25) is 0 Å². The summed E-state index contributed by atoms with van der Waals surface area (Å²) in [5.74, 6) is 1.96. The third kappa shape index (κ3) is 3.62. The molecule has 0 heterocycles. The molecule has 0 aliphatic heterocycles. The molecule has 3 heteroatoms. The zero-order valence-corrected chi connectivity index (χ0v) is 17.4. The molecule has 0 unspecified atom stereocenters. The first kappa shape index (κ1) is 19.9. The summed E-state index contributed by atoms with van der Waals surface area (Å²) in [5, 5.41) is 10.8. The molecular weight excluding hydrogens is 340 g/mol. The van der Waals surface area contributed by atoms with Gasteiger partial charge in [-0.1, -0.05) is 63.9 Å². The van der Waals surface area contributed by atoms with Crippen LogP contribution in [-0.4, -0.2) is 22.7 Å². The van der Waals surface area contributed by atoms with E-state index in [1.807, 2.05) is 17.8 Å². The lowest BCUT2D eigenvalue weighted by Gasteiger charge is -2.37. The lowest BCUT2D eigenvalue weighted by atomic mass is 9.70. The number of benzene rings is 1.